The van der Waals surface area contributed by atoms with Gasteiger partial charge in [-0.25, -0.2) is 0 Å². The van der Waals surface area contributed by atoms with Gasteiger partial charge in [-0.15, -0.1) is 0 Å². The van der Waals surface area contributed by atoms with Gasteiger partial charge in [-0.2, -0.15) is 0 Å². The van der Waals surface area contributed by atoms with Crippen LogP contribution in [-0.2, 0) is 16.1 Å². The standard InChI is InChI=1S/C14H21N5O2/c20-13(17-7-10-19-8-5-16-6-9-19)14(21)18-11-12-1-3-15-4-2-12/h1-4,16H,5-11H2,(H,17,20)(H,18,21). The maximum atomic E-state index is 11.6. The summed E-state index contributed by atoms with van der Waals surface area (Å²) in [5.74, 6) is -1.19. The number of piperazine rings is 1. The minimum Gasteiger partial charge on any atom is -0.347 e. The van der Waals surface area contributed by atoms with Crippen LogP contribution < -0.4 is 16.0 Å². The van der Waals surface area contributed by atoms with Crippen molar-refractivity contribution in [2.75, 3.05) is 39.3 Å². The molecule has 114 valence electrons. The molecule has 0 aliphatic carbocycles. The monoisotopic (exact) mass is 291 g/mol. The summed E-state index contributed by atoms with van der Waals surface area (Å²) in [6.45, 7) is 5.48. The van der Waals surface area contributed by atoms with Gasteiger partial charge in [0.15, 0.2) is 0 Å². The SMILES string of the molecule is O=C(NCCN1CCNCC1)C(=O)NCc1ccncc1. The lowest BCUT2D eigenvalue weighted by molar-refractivity contribution is -0.139. The van der Waals surface area contributed by atoms with Gasteiger partial charge in [-0.05, 0) is 17.7 Å². The van der Waals surface area contributed by atoms with Crippen LogP contribution in [0.5, 0.6) is 0 Å². The molecule has 2 amide bonds. The van der Waals surface area contributed by atoms with E-state index in [-0.39, 0.29) is 0 Å². The molecule has 1 aliphatic heterocycles. The molecule has 1 fully saturated rings. The second-order valence-electron chi connectivity index (χ2n) is 4.89. The normalized spacial score (nSPS) is 15.4. The predicted molar refractivity (Wildman–Crippen MR) is 78.4 cm³/mol. The topological polar surface area (TPSA) is 86.4 Å². The maximum absolute atomic E-state index is 11.6. The summed E-state index contributed by atoms with van der Waals surface area (Å²) >= 11 is 0. The summed E-state index contributed by atoms with van der Waals surface area (Å²) in [7, 11) is 0. The van der Waals surface area contributed by atoms with Gasteiger partial charge < -0.3 is 16.0 Å². The summed E-state index contributed by atoms with van der Waals surface area (Å²) in [5.41, 5.74) is 0.909. The molecule has 0 saturated carbocycles. The van der Waals surface area contributed by atoms with Gasteiger partial charge in [0.05, 0.1) is 0 Å². The first-order valence-corrected chi connectivity index (χ1v) is 7.14. The molecule has 0 bridgehead atoms. The van der Waals surface area contributed by atoms with E-state index in [0.717, 1.165) is 38.3 Å². The third kappa shape index (κ3) is 5.49. The summed E-state index contributed by atoms with van der Waals surface area (Å²) in [5, 5.41) is 8.49. The van der Waals surface area contributed by atoms with Crippen LogP contribution >= 0.6 is 0 Å². The van der Waals surface area contributed by atoms with E-state index in [4.69, 9.17) is 0 Å². The average Bonchev–Trinajstić information content (AvgIpc) is 2.54. The number of nitrogens with zero attached hydrogens (tertiary/aromatic N) is 2. The number of aromatic nitrogens is 1. The summed E-state index contributed by atoms with van der Waals surface area (Å²) in [4.78, 5) is 29.4. The number of rotatable bonds is 5. The average molecular weight is 291 g/mol. The van der Waals surface area contributed by atoms with Gasteiger partial charge in [0.25, 0.3) is 0 Å². The molecule has 0 radical (unpaired) electrons. The Balaban J connectivity index is 1.62. The zero-order valence-electron chi connectivity index (χ0n) is 12.0. The highest BCUT2D eigenvalue weighted by atomic mass is 16.2. The first-order valence-electron chi connectivity index (χ1n) is 7.14. The fourth-order valence-electron chi connectivity index (χ4n) is 2.11. The Hall–Kier alpha value is -1.99. The zero-order chi connectivity index (χ0) is 14.9. The van der Waals surface area contributed by atoms with Gasteiger partial charge in [0.2, 0.25) is 0 Å². The van der Waals surface area contributed by atoms with Crippen LogP contribution in [0.15, 0.2) is 24.5 Å². The molecule has 7 heteroatoms. The molecule has 3 N–H and O–H groups in total. The largest absolute Gasteiger partial charge is 0.347 e. The molecule has 0 unspecified atom stereocenters. The van der Waals surface area contributed by atoms with E-state index in [1.165, 1.54) is 0 Å². The Morgan fingerprint density at radius 2 is 1.81 bits per heavy atom. The smallest absolute Gasteiger partial charge is 0.309 e. The maximum Gasteiger partial charge on any atom is 0.309 e. The molecule has 2 heterocycles. The van der Waals surface area contributed by atoms with Crippen LogP contribution in [0.2, 0.25) is 0 Å². The highest BCUT2D eigenvalue weighted by Gasteiger charge is 2.14. The van der Waals surface area contributed by atoms with Crippen LogP contribution in [0.1, 0.15) is 5.56 Å². The van der Waals surface area contributed by atoms with Crippen molar-refractivity contribution in [3.8, 4) is 0 Å². The molecule has 0 spiro atoms. The number of hydrogen-bond donors (Lipinski definition) is 3. The number of carbonyl (C=O) groups excluding carboxylic acids is 2. The van der Waals surface area contributed by atoms with Crippen LogP contribution in [0.3, 0.4) is 0 Å². The Morgan fingerprint density at radius 1 is 1.14 bits per heavy atom. The van der Waals surface area contributed by atoms with Crippen molar-refractivity contribution in [1.29, 1.82) is 0 Å². The lowest BCUT2D eigenvalue weighted by Crippen LogP contribution is -2.47. The highest BCUT2D eigenvalue weighted by Crippen LogP contribution is 1.94. The van der Waals surface area contributed by atoms with Crippen molar-refractivity contribution in [3.63, 3.8) is 0 Å². The number of carbonyl (C=O) groups is 2. The van der Waals surface area contributed by atoms with Gasteiger partial charge in [0.1, 0.15) is 0 Å². The molecule has 1 saturated heterocycles. The molecule has 21 heavy (non-hydrogen) atoms. The number of amides is 2. The van der Waals surface area contributed by atoms with Crippen molar-refractivity contribution < 1.29 is 9.59 Å². The lowest BCUT2D eigenvalue weighted by Gasteiger charge is -2.26. The number of hydrogen-bond acceptors (Lipinski definition) is 5. The van der Waals surface area contributed by atoms with Crippen LogP contribution in [-0.4, -0.2) is 61.0 Å². The molecule has 1 aromatic rings. The van der Waals surface area contributed by atoms with E-state index in [9.17, 15) is 9.59 Å². The van der Waals surface area contributed by atoms with Crippen LogP contribution in [0.25, 0.3) is 0 Å². The van der Waals surface area contributed by atoms with E-state index in [2.05, 4.69) is 25.8 Å². The van der Waals surface area contributed by atoms with E-state index < -0.39 is 11.8 Å². The first-order chi connectivity index (χ1) is 10.3. The minimum absolute atomic E-state index is 0.326. The highest BCUT2D eigenvalue weighted by molar-refractivity contribution is 6.35. The van der Waals surface area contributed by atoms with Gasteiger partial charge in [0, 0.05) is 58.2 Å². The van der Waals surface area contributed by atoms with E-state index in [1.807, 2.05) is 0 Å². The molecule has 1 aromatic heterocycles. The Labute approximate surface area is 124 Å². The summed E-state index contributed by atoms with van der Waals surface area (Å²) in [6.07, 6.45) is 3.30. The van der Waals surface area contributed by atoms with Crippen molar-refractivity contribution in [1.82, 2.24) is 25.8 Å². The number of pyridine rings is 1. The lowest BCUT2D eigenvalue weighted by atomic mass is 10.3. The molecule has 2 rings (SSSR count). The van der Waals surface area contributed by atoms with Gasteiger partial charge >= 0.3 is 11.8 Å². The van der Waals surface area contributed by atoms with Crippen molar-refractivity contribution >= 4 is 11.8 Å². The third-order valence-corrected chi connectivity index (χ3v) is 3.33. The second-order valence-corrected chi connectivity index (χ2v) is 4.89. The summed E-state index contributed by atoms with van der Waals surface area (Å²) in [6, 6.07) is 3.59. The van der Waals surface area contributed by atoms with Crippen LogP contribution in [0.4, 0.5) is 0 Å². The molecule has 7 nitrogen and oxygen atoms in total. The molecule has 1 aliphatic rings. The van der Waals surface area contributed by atoms with Gasteiger partial charge in [-0.3, -0.25) is 19.5 Å². The molecule has 0 atom stereocenters. The summed E-state index contributed by atoms with van der Waals surface area (Å²) < 4.78 is 0. The Morgan fingerprint density at radius 3 is 2.52 bits per heavy atom. The molecular formula is C14H21N5O2. The first kappa shape index (κ1) is 15.4. The number of nitrogens with one attached hydrogen (secondary N) is 3. The second kappa shape index (κ2) is 8.33. The van der Waals surface area contributed by atoms with E-state index >= 15 is 0 Å². The quantitative estimate of drug-likeness (QED) is 0.588. The van der Waals surface area contributed by atoms with Crippen molar-refractivity contribution in [2.24, 2.45) is 0 Å². The van der Waals surface area contributed by atoms with E-state index in [1.54, 1.807) is 24.5 Å². The molecular weight excluding hydrogens is 270 g/mol. The minimum atomic E-state index is -0.605. The van der Waals surface area contributed by atoms with Crippen molar-refractivity contribution in [3.05, 3.63) is 30.1 Å². The van der Waals surface area contributed by atoms with Gasteiger partial charge in [-0.1, -0.05) is 0 Å². The fourth-order valence-corrected chi connectivity index (χ4v) is 2.11. The van der Waals surface area contributed by atoms with Crippen LogP contribution in [0, 0.1) is 0 Å². The zero-order valence-corrected chi connectivity index (χ0v) is 12.0. The molecule has 0 aromatic carbocycles. The van der Waals surface area contributed by atoms with Crippen molar-refractivity contribution in [2.45, 2.75) is 6.54 Å². The fraction of sp³-hybridized carbons (Fsp3) is 0.500. The third-order valence-electron chi connectivity index (χ3n) is 3.33. The Bertz CT molecular complexity index is 460. The van der Waals surface area contributed by atoms with E-state index in [0.29, 0.717) is 13.1 Å². The predicted octanol–water partition coefficient (Wildman–Crippen LogP) is -1.28. The Kier molecular flexibility index (Phi) is 6.11.